The molecule has 0 bridgehead atoms. The van der Waals surface area contributed by atoms with Gasteiger partial charge in [0.2, 0.25) is 0 Å². The van der Waals surface area contributed by atoms with Crippen molar-refractivity contribution in [2.75, 3.05) is 31.1 Å². The fourth-order valence-electron chi connectivity index (χ4n) is 3.78. The summed E-state index contributed by atoms with van der Waals surface area (Å²) in [6, 6.07) is 19.3. The lowest BCUT2D eigenvalue weighted by molar-refractivity contribution is 0.218. The largest absolute Gasteiger partial charge is 0.508 e. The number of aliphatic hydroxyl groups is 1. The van der Waals surface area contributed by atoms with Crippen molar-refractivity contribution in [1.29, 1.82) is 0 Å². The van der Waals surface area contributed by atoms with Crippen LogP contribution in [-0.2, 0) is 6.54 Å². The van der Waals surface area contributed by atoms with Crippen LogP contribution in [0, 0.1) is 0 Å². The molecule has 1 aliphatic heterocycles. The SMILES string of the molecule is Oc1cccc(CN2CCN(c3ccccc3C(O)c3cccnc3)CC2)c1. The zero-order valence-electron chi connectivity index (χ0n) is 15.8. The first-order valence-corrected chi connectivity index (χ1v) is 9.63. The number of benzene rings is 2. The first-order chi connectivity index (χ1) is 13.7. The lowest BCUT2D eigenvalue weighted by atomic mass is 10.00. The van der Waals surface area contributed by atoms with Crippen molar-refractivity contribution in [2.24, 2.45) is 0 Å². The summed E-state index contributed by atoms with van der Waals surface area (Å²) < 4.78 is 0. The smallest absolute Gasteiger partial charge is 0.115 e. The van der Waals surface area contributed by atoms with Crippen LogP contribution in [0.3, 0.4) is 0 Å². The Bertz CT molecular complexity index is 908. The van der Waals surface area contributed by atoms with Gasteiger partial charge in [0.1, 0.15) is 11.9 Å². The van der Waals surface area contributed by atoms with Crippen LogP contribution in [0.1, 0.15) is 22.8 Å². The van der Waals surface area contributed by atoms with E-state index in [0.29, 0.717) is 5.75 Å². The monoisotopic (exact) mass is 375 g/mol. The maximum absolute atomic E-state index is 10.9. The number of hydrogen-bond donors (Lipinski definition) is 2. The molecule has 4 rings (SSSR count). The van der Waals surface area contributed by atoms with Crippen LogP contribution in [0.25, 0.3) is 0 Å². The lowest BCUT2D eigenvalue weighted by Gasteiger charge is -2.37. The highest BCUT2D eigenvalue weighted by Gasteiger charge is 2.22. The van der Waals surface area contributed by atoms with Gasteiger partial charge in [0.25, 0.3) is 0 Å². The highest BCUT2D eigenvalue weighted by molar-refractivity contribution is 5.56. The summed E-state index contributed by atoms with van der Waals surface area (Å²) >= 11 is 0. The summed E-state index contributed by atoms with van der Waals surface area (Å²) in [6.07, 6.45) is 2.75. The average Bonchev–Trinajstić information content (AvgIpc) is 2.74. The molecule has 5 nitrogen and oxygen atoms in total. The number of phenols is 1. The third-order valence-electron chi connectivity index (χ3n) is 5.26. The summed E-state index contributed by atoms with van der Waals surface area (Å²) in [5, 5.41) is 20.5. The van der Waals surface area contributed by atoms with E-state index in [-0.39, 0.29) is 0 Å². The molecule has 1 fully saturated rings. The Labute approximate surface area is 165 Å². The van der Waals surface area contributed by atoms with Crippen LogP contribution in [0.4, 0.5) is 5.69 Å². The highest BCUT2D eigenvalue weighted by atomic mass is 16.3. The molecule has 0 amide bonds. The van der Waals surface area contributed by atoms with Crippen molar-refractivity contribution >= 4 is 5.69 Å². The molecule has 1 aromatic heterocycles. The molecule has 5 heteroatoms. The van der Waals surface area contributed by atoms with Gasteiger partial charge in [-0.15, -0.1) is 0 Å². The van der Waals surface area contributed by atoms with E-state index in [0.717, 1.165) is 55.1 Å². The predicted octanol–water partition coefficient (Wildman–Crippen LogP) is 3.19. The van der Waals surface area contributed by atoms with Gasteiger partial charge < -0.3 is 15.1 Å². The topological polar surface area (TPSA) is 59.8 Å². The second-order valence-corrected chi connectivity index (χ2v) is 7.18. The van der Waals surface area contributed by atoms with Crippen LogP contribution in [0.15, 0.2) is 73.1 Å². The minimum Gasteiger partial charge on any atom is -0.508 e. The molecule has 0 radical (unpaired) electrons. The van der Waals surface area contributed by atoms with Crippen LogP contribution < -0.4 is 4.90 Å². The fourth-order valence-corrected chi connectivity index (χ4v) is 3.78. The molecule has 0 saturated carbocycles. The number of para-hydroxylation sites is 1. The van der Waals surface area contributed by atoms with Gasteiger partial charge in [0.05, 0.1) is 0 Å². The van der Waals surface area contributed by atoms with Gasteiger partial charge in [-0.1, -0.05) is 36.4 Å². The van der Waals surface area contributed by atoms with E-state index in [1.807, 2.05) is 48.5 Å². The molecule has 3 aromatic rings. The van der Waals surface area contributed by atoms with Gasteiger partial charge in [0, 0.05) is 61.9 Å². The van der Waals surface area contributed by atoms with Crippen molar-refractivity contribution < 1.29 is 10.2 Å². The summed E-state index contributed by atoms with van der Waals surface area (Å²) in [4.78, 5) is 8.87. The molecule has 2 heterocycles. The maximum atomic E-state index is 10.9. The number of anilines is 1. The quantitative estimate of drug-likeness (QED) is 0.717. The number of rotatable bonds is 5. The normalized spacial score (nSPS) is 16.1. The zero-order chi connectivity index (χ0) is 19.3. The molecule has 1 unspecified atom stereocenters. The highest BCUT2D eigenvalue weighted by Crippen LogP contribution is 2.31. The number of aromatic hydroxyl groups is 1. The number of nitrogens with zero attached hydrogens (tertiary/aromatic N) is 3. The third-order valence-corrected chi connectivity index (χ3v) is 5.26. The number of pyridine rings is 1. The van der Waals surface area contributed by atoms with Gasteiger partial charge in [-0.05, 0) is 29.8 Å². The fraction of sp³-hybridized carbons (Fsp3) is 0.261. The Morgan fingerprint density at radius 2 is 1.75 bits per heavy atom. The number of phenolic OH excluding ortho intramolecular Hbond substituents is 1. The Morgan fingerprint density at radius 1 is 0.929 bits per heavy atom. The first-order valence-electron chi connectivity index (χ1n) is 9.63. The van der Waals surface area contributed by atoms with Crippen molar-refractivity contribution in [3.8, 4) is 5.75 Å². The molecule has 2 aromatic carbocycles. The van der Waals surface area contributed by atoms with Gasteiger partial charge in [-0.2, -0.15) is 0 Å². The maximum Gasteiger partial charge on any atom is 0.115 e. The van der Waals surface area contributed by atoms with E-state index < -0.39 is 6.10 Å². The number of aromatic nitrogens is 1. The molecule has 0 spiro atoms. The summed E-state index contributed by atoms with van der Waals surface area (Å²) in [7, 11) is 0. The minimum absolute atomic E-state index is 0.314. The van der Waals surface area contributed by atoms with Gasteiger partial charge >= 0.3 is 0 Å². The van der Waals surface area contributed by atoms with E-state index in [4.69, 9.17) is 0 Å². The Balaban J connectivity index is 1.45. The number of piperazine rings is 1. The molecule has 28 heavy (non-hydrogen) atoms. The Morgan fingerprint density at radius 3 is 2.50 bits per heavy atom. The van der Waals surface area contributed by atoms with E-state index in [1.54, 1.807) is 18.5 Å². The molecule has 1 saturated heterocycles. The van der Waals surface area contributed by atoms with Crippen molar-refractivity contribution in [1.82, 2.24) is 9.88 Å². The van der Waals surface area contributed by atoms with E-state index in [1.165, 1.54) is 0 Å². The summed E-state index contributed by atoms with van der Waals surface area (Å²) in [6.45, 7) is 4.51. The van der Waals surface area contributed by atoms with Gasteiger partial charge in [-0.25, -0.2) is 0 Å². The van der Waals surface area contributed by atoms with E-state index >= 15 is 0 Å². The van der Waals surface area contributed by atoms with Crippen LogP contribution in [0.5, 0.6) is 5.75 Å². The third kappa shape index (κ3) is 4.16. The van der Waals surface area contributed by atoms with Crippen molar-refractivity contribution in [2.45, 2.75) is 12.6 Å². The number of aliphatic hydroxyl groups excluding tert-OH is 1. The molecule has 1 aliphatic rings. The van der Waals surface area contributed by atoms with Crippen LogP contribution in [0.2, 0.25) is 0 Å². The molecule has 2 N–H and O–H groups in total. The second kappa shape index (κ2) is 8.42. The Hall–Kier alpha value is -2.89. The van der Waals surface area contributed by atoms with Gasteiger partial charge in [0.15, 0.2) is 0 Å². The van der Waals surface area contributed by atoms with E-state index in [2.05, 4.69) is 20.9 Å². The number of hydrogen-bond acceptors (Lipinski definition) is 5. The van der Waals surface area contributed by atoms with Crippen LogP contribution in [-0.4, -0.2) is 46.3 Å². The summed E-state index contributed by atoms with van der Waals surface area (Å²) in [5.74, 6) is 0.314. The standard InChI is InChI=1S/C23H25N3O2/c27-20-7-3-5-18(15-20)17-25-11-13-26(14-12-25)22-9-2-1-8-21(22)23(28)19-6-4-10-24-16-19/h1-10,15-16,23,27-28H,11-14,17H2. The average molecular weight is 375 g/mol. The first kappa shape index (κ1) is 18.5. The molecular weight excluding hydrogens is 350 g/mol. The lowest BCUT2D eigenvalue weighted by Crippen LogP contribution is -2.46. The summed E-state index contributed by atoms with van der Waals surface area (Å²) in [5.41, 5.74) is 3.92. The van der Waals surface area contributed by atoms with E-state index in [9.17, 15) is 10.2 Å². The van der Waals surface area contributed by atoms with Crippen LogP contribution >= 0.6 is 0 Å². The minimum atomic E-state index is -0.685. The second-order valence-electron chi connectivity index (χ2n) is 7.18. The van der Waals surface area contributed by atoms with Crippen molar-refractivity contribution in [3.63, 3.8) is 0 Å². The van der Waals surface area contributed by atoms with Crippen molar-refractivity contribution in [3.05, 3.63) is 89.7 Å². The molecule has 0 aliphatic carbocycles. The van der Waals surface area contributed by atoms with Gasteiger partial charge in [-0.3, -0.25) is 9.88 Å². The molecule has 144 valence electrons. The molecular formula is C23H25N3O2. The zero-order valence-corrected chi connectivity index (χ0v) is 15.8. The predicted molar refractivity (Wildman–Crippen MR) is 110 cm³/mol. The Kier molecular flexibility index (Phi) is 5.55. The molecule has 1 atom stereocenters.